The number of para-hydroxylation sites is 1. The number of carboxylic acid groups (broad SMARTS) is 3. The lowest BCUT2D eigenvalue weighted by atomic mass is 10.1. The maximum Gasteiger partial charge on any atom is 0.339 e. The predicted octanol–water partition coefficient (Wildman–Crippen LogP) is 1.14. The molecule has 2 aromatic rings. The van der Waals surface area contributed by atoms with E-state index in [9.17, 15) is 14.4 Å². The van der Waals surface area contributed by atoms with E-state index in [-0.39, 0.29) is 35.7 Å². The van der Waals surface area contributed by atoms with Gasteiger partial charge >= 0.3 is 17.9 Å². The van der Waals surface area contributed by atoms with Gasteiger partial charge in [0.15, 0.2) is 0 Å². The van der Waals surface area contributed by atoms with E-state index in [1.807, 2.05) is 0 Å². The SMILES string of the molecule is O=C(O)c1ccc(C(=O)O)cc1.O=C(O)c1ccccc1O.OCCO. The lowest BCUT2D eigenvalue weighted by Gasteiger charge is -1.95. The molecule has 0 radical (unpaired) electrons. The molecule has 0 saturated heterocycles. The van der Waals surface area contributed by atoms with Crippen molar-refractivity contribution in [1.29, 1.82) is 0 Å². The van der Waals surface area contributed by atoms with E-state index in [0.29, 0.717) is 0 Å². The van der Waals surface area contributed by atoms with Crippen molar-refractivity contribution in [3.05, 3.63) is 65.2 Å². The highest BCUT2D eigenvalue weighted by atomic mass is 16.4. The summed E-state index contributed by atoms with van der Waals surface area (Å²) in [6.45, 7) is -0.250. The summed E-state index contributed by atoms with van der Waals surface area (Å²) in [6, 6.07) is 10.8. The molecule has 2 aromatic carbocycles. The highest BCUT2D eigenvalue weighted by molar-refractivity contribution is 5.91. The summed E-state index contributed by atoms with van der Waals surface area (Å²) in [6.07, 6.45) is 0. The summed E-state index contributed by atoms with van der Waals surface area (Å²) in [5.74, 6) is -3.44. The van der Waals surface area contributed by atoms with Crippen molar-refractivity contribution in [3.8, 4) is 5.75 Å². The van der Waals surface area contributed by atoms with E-state index >= 15 is 0 Å². The van der Waals surface area contributed by atoms with Crippen LogP contribution in [0.3, 0.4) is 0 Å². The Bertz CT molecular complexity index is 688. The predicted molar refractivity (Wildman–Crippen MR) is 89.6 cm³/mol. The molecule has 2 rings (SSSR count). The second-order valence-electron chi connectivity index (χ2n) is 4.46. The van der Waals surface area contributed by atoms with Crippen molar-refractivity contribution in [2.75, 3.05) is 13.2 Å². The van der Waals surface area contributed by atoms with Crippen LogP contribution in [0.2, 0.25) is 0 Å². The minimum Gasteiger partial charge on any atom is -0.507 e. The largest absolute Gasteiger partial charge is 0.507 e. The Morgan fingerprint density at radius 2 is 1.04 bits per heavy atom. The molecule has 0 aliphatic carbocycles. The molecule has 0 aliphatic heterocycles. The van der Waals surface area contributed by atoms with Crippen LogP contribution in [-0.4, -0.2) is 61.8 Å². The Balaban J connectivity index is 0.000000405. The smallest absolute Gasteiger partial charge is 0.339 e. The van der Waals surface area contributed by atoms with Crippen LogP contribution in [0.1, 0.15) is 31.1 Å². The van der Waals surface area contributed by atoms with Crippen molar-refractivity contribution in [3.63, 3.8) is 0 Å². The van der Waals surface area contributed by atoms with Gasteiger partial charge in [-0.15, -0.1) is 0 Å². The minimum absolute atomic E-state index is 0.0671. The number of aliphatic hydroxyl groups is 2. The fourth-order valence-electron chi connectivity index (χ4n) is 1.41. The molecule has 26 heavy (non-hydrogen) atoms. The third-order valence-corrected chi connectivity index (χ3v) is 2.61. The molecule has 0 amide bonds. The van der Waals surface area contributed by atoms with Crippen LogP contribution in [0.25, 0.3) is 0 Å². The molecule has 0 bridgehead atoms. The Morgan fingerprint density at radius 1 is 0.654 bits per heavy atom. The van der Waals surface area contributed by atoms with Crippen molar-refractivity contribution >= 4 is 17.9 Å². The summed E-state index contributed by atoms with van der Waals surface area (Å²) in [5, 5.41) is 49.5. The zero-order chi connectivity index (χ0) is 20.1. The van der Waals surface area contributed by atoms with Crippen LogP contribution < -0.4 is 0 Å². The normalized spacial score (nSPS) is 9.00. The van der Waals surface area contributed by atoms with Crippen LogP contribution in [-0.2, 0) is 0 Å². The van der Waals surface area contributed by atoms with Gasteiger partial charge in [0.05, 0.1) is 24.3 Å². The molecular formula is C17H18O9. The summed E-state index contributed by atoms with van der Waals surface area (Å²) in [7, 11) is 0. The van der Waals surface area contributed by atoms with Crippen LogP contribution in [0.5, 0.6) is 5.75 Å². The van der Waals surface area contributed by atoms with Gasteiger partial charge in [-0.3, -0.25) is 0 Å². The second-order valence-corrected chi connectivity index (χ2v) is 4.46. The lowest BCUT2D eigenvalue weighted by molar-refractivity contribution is 0.0681. The Hall–Kier alpha value is -3.43. The molecule has 0 spiro atoms. The third-order valence-electron chi connectivity index (χ3n) is 2.61. The Labute approximate surface area is 148 Å². The van der Waals surface area contributed by atoms with Gasteiger partial charge < -0.3 is 30.6 Å². The Morgan fingerprint density at radius 3 is 1.27 bits per heavy atom. The molecule has 0 atom stereocenters. The quantitative estimate of drug-likeness (QED) is 0.464. The molecule has 0 saturated carbocycles. The Kier molecular flexibility index (Phi) is 10.4. The van der Waals surface area contributed by atoms with Crippen molar-refractivity contribution in [2.45, 2.75) is 0 Å². The average molecular weight is 366 g/mol. The monoisotopic (exact) mass is 366 g/mol. The van der Waals surface area contributed by atoms with Gasteiger partial charge in [-0.05, 0) is 36.4 Å². The van der Waals surface area contributed by atoms with E-state index in [1.54, 1.807) is 12.1 Å². The summed E-state index contributed by atoms with van der Waals surface area (Å²) >= 11 is 0. The number of phenols is 1. The first kappa shape index (κ1) is 22.6. The molecule has 140 valence electrons. The first-order chi connectivity index (χ1) is 12.2. The zero-order valence-electron chi connectivity index (χ0n) is 13.4. The number of carbonyl (C=O) groups is 3. The number of hydrogen-bond acceptors (Lipinski definition) is 6. The highest BCUT2D eigenvalue weighted by Crippen LogP contribution is 2.14. The van der Waals surface area contributed by atoms with Crippen LogP contribution in [0.15, 0.2) is 48.5 Å². The van der Waals surface area contributed by atoms with Gasteiger partial charge in [0.25, 0.3) is 0 Å². The van der Waals surface area contributed by atoms with Crippen molar-refractivity contribution in [2.24, 2.45) is 0 Å². The molecular weight excluding hydrogens is 348 g/mol. The number of aromatic hydroxyl groups is 1. The van der Waals surface area contributed by atoms with Gasteiger partial charge in [-0.1, -0.05) is 12.1 Å². The molecule has 0 heterocycles. The van der Waals surface area contributed by atoms with Crippen LogP contribution >= 0.6 is 0 Å². The molecule has 9 heteroatoms. The zero-order valence-corrected chi connectivity index (χ0v) is 13.4. The second kappa shape index (κ2) is 12.0. The standard InChI is InChI=1S/C8H6O4.C7H6O3.C2H6O2/c9-7(10)5-1-2-6(4-3-5)8(11)12;8-6-4-2-1-3-5(6)7(9)10;3-1-2-4/h1-4H,(H,9,10)(H,11,12);1-4,8H,(H,9,10);3-4H,1-2H2. The number of carboxylic acids is 3. The van der Waals surface area contributed by atoms with Crippen molar-refractivity contribution < 1.29 is 45.0 Å². The molecule has 9 nitrogen and oxygen atoms in total. The highest BCUT2D eigenvalue weighted by Gasteiger charge is 2.06. The van der Waals surface area contributed by atoms with Gasteiger partial charge in [0.2, 0.25) is 0 Å². The van der Waals surface area contributed by atoms with E-state index in [0.717, 1.165) is 0 Å². The van der Waals surface area contributed by atoms with Crippen molar-refractivity contribution in [1.82, 2.24) is 0 Å². The fourth-order valence-corrected chi connectivity index (χ4v) is 1.41. The molecule has 0 fully saturated rings. The third kappa shape index (κ3) is 8.43. The van der Waals surface area contributed by atoms with Gasteiger partial charge in [0, 0.05) is 0 Å². The number of rotatable bonds is 4. The number of aromatic carboxylic acids is 3. The fraction of sp³-hybridized carbons (Fsp3) is 0.118. The lowest BCUT2D eigenvalue weighted by Crippen LogP contribution is -1.99. The van der Waals surface area contributed by atoms with Gasteiger partial charge in [-0.2, -0.15) is 0 Å². The molecule has 0 aromatic heterocycles. The topological polar surface area (TPSA) is 173 Å². The first-order valence-electron chi connectivity index (χ1n) is 7.04. The van der Waals surface area contributed by atoms with Crippen LogP contribution in [0, 0.1) is 0 Å². The number of benzene rings is 2. The maximum atomic E-state index is 10.3. The summed E-state index contributed by atoms with van der Waals surface area (Å²) in [4.78, 5) is 30.9. The summed E-state index contributed by atoms with van der Waals surface area (Å²) < 4.78 is 0. The molecule has 6 N–H and O–H groups in total. The van der Waals surface area contributed by atoms with Gasteiger partial charge in [0.1, 0.15) is 11.3 Å². The van der Waals surface area contributed by atoms with E-state index in [2.05, 4.69) is 0 Å². The molecule has 0 unspecified atom stereocenters. The number of aliphatic hydroxyl groups excluding tert-OH is 2. The number of hydrogen-bond donors (Lipinski definition) is 6. The first-order valence-corrected chi connectivity index (χ1v) is 7.04. The van der Waals surface area contributed by atoms with E-state index in [4.69, 9.17) is 30.6 Å². The summed E-state index contributed by atoms with van der Waals surface area (Å²) in [5.41, 5.74) is 0.0995. The van der Waals surface area contributed by atoms with Gasteiger partial charge in [-0.25, -0.2) is 14.4 Å². The average Bonchev–Trinajstić information content (AvgIpc) is 2.62. The molecule has 0 aliphatic rings. The van der Waals surface area contributed by atoms with Crippen LogP contribution in [0.4, 0.5) is 0 Å². The van der Waals surface area contributed by atoms with E-state index < -0.39 is 17.9 Å². The minimum atomic E-state index is -1.11. The maximum absolute atomic E-state index is 10.3. The van der Waals surface area contributed by atoms with E-state index in [1.165, 1.54) is 36.4 Å².